The molecule has 0 bridgehead atoms. The molecule has 1 atom stereocenters. The molecule has 1 aliphatic heterocycles. The lowest BCUT2D eigenvalue weighted by Gasteiger charge is -2.17. The highest BCUT2D eigenvalue weighted by Gasteiger charge is 2.26. The second-order valence-corrected chi connectivity index (χ2v) is 3.80. The molecule has 1 fully saturated rings. The fourth-order valence-electron chi connectivity index (χ4n) is 2.35. The summed E-state index contributed by atoms with van der Waals surface area (Å²) in [5.74, 6) is 0. The van der Waals surface area contributed by atoms with Crippen molar-refractivity contribution in [3.05, 3.63) is 22.8 Å². The van der Waals surface area contributed by atoms with E-state index in [0.29, 0.717) is 6.04 Å². The van der Waals surface area contributed by atoms with E-state index in [1.54, 1.807) is 16.7 Å². The summed E-state index contributed by atoms with van der Waals surface area (Å²) in [6.07, 6.45) is 6.16. The van der Waals surface area contributed by atoms with E-state index in [-0.39, 0.29) is 0 Å². The molecule has 0 aromatic rings. The average molecular weight is 163 g/mol. The molecule has 1 heteroatoms. The third-order valence-corrected chi connectivity index (χ3v) is 3.01. The first-order valence-electron chi connectivity index (χ1n) is 4.95. The van der Waals surface area contributed by atoms with E-state index in [9.17, 15) is 0 Å². The number of fused-ring (bicyclic) bond motifs is 1. The van der Waals surface area contributed by atoms with Crippen molar-refractivity contribution >= 4 is 0 Å². The summed E-state index contributed by atoms with van der Waals surface area (Å²) in [5.41, 5.74) is 4.82. The van der Waals surface area contributed by atoms with Crippen molar-refractivity contribution in [2.24, 2.45) is 0 Å². The van der Waals surface area contributed by atoms with Gasteiger partial charge in [-0.1, -0.05) is 18.6 Å². The van der Waals surface area contributed by atoms with E-state index in [1.807, 2.05) is 0 Å². The third kappa shape index (κ3) is 1.13. The van der Waals surface area contributed by atoms with Crippen LogP contribution in [0.3, 0.4) is 0 Å². The molecule has 1 aliphatic carbocycles. The van der Waals surface area contributed by atoms with Crippen molar-refractivity contribution in [1.82, 2.24) is 5.32 Å². The Labute approximate surface area is 74.5 Å². The Balaban J connectivity index is 2.34. The lowest BCUT2D eigenvalue weighted by Crippen LogP contribution is -2.21. The van der Waals surface area contributed by atoms with Crippen LogP contribution in [-0.2, 0) is 0 Å². The van der Waals surface area contributed by atoms with E-state index in [1.165, 1.54) is 19.3 Å². The molecule has 0 saturated carbocycles. The first kappa shape index (κ1) is 8.06. The van der Waals surface area contributed by atoms with Crippen molar-refractivity contribution in [2.45, 2.75) is 39.2 Å². The molecule has 0 aromatic heterocycles. The maximum Gasteiger partial charge on any atom is 0.0323 e. The van der Waals surface area contributed by atoms with Gasteiger partial charge >= 0.3 is 0 Å². The molecule has 0 spiro atoms. The summed E-state index contributed by atoms with van der Waals surface area (Å²) >= 11 is 0. The van der Waals surface area contributed by atoms with E-state index < -0.39 is 0 Å². The zero-order chi connectivity index (χ0) is 8.55. The van der Waals surface area contributed by atoms with E-state index >= 15 is 0 Å². The predicted octanol–water partition coefficient (Wildman–Crippen LogP) is 2.40. The third-order valence-electron chi connectivity index (χ3n) is 3.01. The van der Waals surface area contributed by atoms with Crippen LogP contribution >= 0.6 is 0 Å². The average Bonchev–Trinajstić information content (AvgIpc) is 2.49. The lowest BCUT2D eigenvalue weighted by molar-refractivity contribution is 0.641. The van der Waals surface area contributed by atoms with Crippen LogP contribution in [0.2, 0.25) is 0 Å². The van der Waals surface area contributed by atoms with Gasteiger partial charge in [0.2, 0.25) is 0 Å². The molecule has 1 saturated heterocycles. The summed E-state index contributed by atoms with van der Waals surface area (Å²) in [4.78, 5) is 0. The van der Waals surface area contributed by atoms with Gasteiger partial charge < -0.3 is 5.32 Å². The Morgan fingerprint density at radius 3 is 3.17 bits per heavy atom. The normalized spacial score (nSPS) is 28.8. The molecule has 0 radical (unpaired) electrons. The topological polar surface area (TPSA) is 12.0 Å². The number of allylic oxidation sites excluding steroid dienone is 2. The van der Waals surface area contributed by atoms with E-state index in [0.717, 1.165) is 6.54 Å². The van der Waals surface area contributed by atoms with Crippen LogP contribution in [0.25, 0.3) is 0 Å². The number of hydrogen-bond donors (Lipinski definition) is 1. The SMILES string of the molecule is CCC1NCC2=CCCC(C)=C21. The summed E-state index contributed by atoms with van der Waals surface area (Å²) in [5, 5.41) is 3.55. The first-order valence-corrected chi connectivity index (χ1v) is 4.95. The zero-order valence-electron chi connectivity index (χ0n) is 7.98. The molecule has 1 unspecified atom stereocenters. The van der Waals surface area contributed by atoms with Crippen LogP contribution < -0.4 is 5.32 Å². The highest BCUT2D eigenvalue weighted by atomic mass is 14.9. The maximum atomic E-state index is 3.55. The lowest BCUT2D eigenvalue weighted by atomic mass is 9.89. The molecule has 12 heavy (non-hydrogen) atoms. The minimum Gasteiger partial charge on any atom is -0.306 e. The minimum atomic E-state index is 0.650. The second kappa shape index (κ2) is 3.06. The summed E-state index contributed by atoms with van der Waals surface area (Å²) in [6, 6.07) is 0.650. The van der Waals surface area contributed by atoms with Crippen molar-refractivity contribution in [3.63, 3.8) is 0 Å². The van der Waals surface area contributed by atoms with Crippen LogP contribution in [0.4, 0.5) is 0 Å². The number of nitrogens with one attached hydrogen (secondary N) is 1. The first-order chi connectivity index (χ1) is 5.83. The van der Waals surface area contributed by atoms with Crippen LogP contribution in [0.5, 0.6) is 0 Å². The van der Waals surface area contributed by atoms with E-state index in [4.69, 9.17) is 0 Å². The summed E-state index contributed by atoms with van der Waals surface area (Å²) in [6.45, 7) is 5.65. The molecule has 0 amide bonds. The van der Waals surface area contributed by atoms with Gasteiger partial charge in [0.05, 0.1) is 0 Å². The fraction of sp³-hybridized carbons (Fsp3) is 0.636. The van der Waals surface area contributed by atoms with Crippen molar-refractivity contribution in [3.8, 4) is 0 Å². The molecule has 1 heterocycles. The Bertz CT molecular complexity index is 248. The number of hydrogen-bond acceptors (Lipinski definition) is 1. The van der Waals surface area contributed by atoms with Gasteiger partial charge in [0, 0.05) is 12.6 Å². The Morgan fingerprint density at radius 2 is 2.42 bits per heavy atom. The van der Waals surface area contributed by atoms with Crippen LogP contribution in [0.1, 0.15) is 33.1 Å². The maximum absolute atomic E-state index is 3.55. The Kier molecular flexibility index (Phi) is 2.05. The van der Waals surface area contributed by atoms with Crippen LogP contribution in [-0.4, -0.2) is 12.6 Å². The highest BCUT2D eigenvalue weighted by molar-refractivity contribution is 5.46. The van der Waals surface area contributed by atoms with E-state index in [2.05, 4.69) is 25.2 Å². The Hall–Kier alpha value is -0.560. The largest absolute Gasteiger partial charge is 0.306 e. The molecule has 66 valence electrons. The number of rotatable bonds is 1. The molecular formula is C11H17N. The predicted molar refractivity (Wildman–Crippen MR) is 52.1 cm³/mol. The monoisotopic (exact) mass is 163 g/mol. The fourth-order valence-corrected chi connectivity index (χ4v) is 2.35. The Morgan fingerprint density at radius 1 is 1.58 bits per heavy atom. The van der Waals surface area contributed by atoms with Gasteiger partial charge in [0.1, 0.15) is 0 Å². The standard InChI is InChI=1S/C11H17N/c1-3-10-11-8(2)5-4-6-9(11)7-12-10/h6,10,12H,3-5,7H2,1-2H3. The van der Waals surface area contributed by atoms with Gasteiger partial charge in [-0.2, -0.15) is 0 Å². The van der Waals surface area contributed by atoms with Gasteiger partial charge in [0.25, 0.3) is 0 Å². The van der Waals surface area contributed by atoms with Crippen molar-refractivity contribution in [2.75, 3.05) is 6.54 Å². The van der Waals surface area contributed by atoms with Crippen LogP contribution in [0, 0.1) is 0 Å². The molecule has 1 nitrogen and oxygen atoms in total. The molecule has 0 aromatic carbocycles. The van der Waals surface area contributed by atoms with Crippen molar-refractivity contribution < 1.29 is 0 Å². The van der Waals surface area contributed by atoms with Gasteiger partial charge in [-0.3, -0.25) is 0 Å². The quantitative estimate of drug-likeness (QED) is 0.626. The summed E-state index contributed by atoms with van der Waals surface area (Å²) < 4.78 is 0. The van der Waals surface area contributed by atoms with Gasteiger partial charge in [-0.05, 0) is 37.3 Å². The molecule has 2 rings (SSSR count). The second-order valence-electron chi connectivity index (χ2n) is 3.80. The highest BCUT2D eigenvalue weighted by Crippen LogP contribution is 2.32. The molecule has 2 aliphatic rings. The molecular weight excluding hydrogens is 146 g/mol. The zero-order valence-corrected chi connectivity index (χ0v) is 7.98. The van der Waals surface area contributed by atoms with Gasteiger partial charge in [-0.25, -0.2) is 0 Å². The smallest absolute Gasteiger partial charge is 0.0323 e. The van der Waals surface area contributed by atoms with Gasteiger partial charge in [0.15, 0.2) is 0 Å². The summed E-state index contributed by atoms with van der Waals surface area (Å²) in [7, 11) is 0. The van der Waals surface area contributed by atoms with Gasteiger partial charge in [-0.15, -0.1) is 0 Å². The molecule has 1 N–H and O–H groups in total. The van der Waals surface area contributed by atoms with Crippen LogP contribution in [0.15, 0.2) is 22.8 Å². The van der Waals surface area contributed by atoms with Crippen molar-refractivity contribution in [1.29, 1.82) is 0 Å². The minimum absolute atomic E-state index is 0.650.